The molecule has 5 heteroatoms. The van der Waals surface area contributed by atoms with Crippen molar-refractivity contribution in [3.05, 3.63) is 18.2 Å². The number of nitrogens with one attached hydrogen (secondary N) is 1. The first-order valence-electron chi connectivity index (χ1n) is 3.12. The highest BCUT2D eigenvalue weighted by atomic mass is 127. The van der Waals surface area contributed by atoms with Crippen molar-refractivity contribution in [3.63, 3.8) is 0 Å². The van der Waals surface area contributed by atoms with Crippen LogP contribution < -0.4 is 5.73 Å². The average molecular weight is 265 g/mol. The number of nitrogens with two attached hydrogens (primary N) is 1. The highest BCUT2D eigenvalue weighted by molar-refractivity contribution is 14.1. The Labute approximate surface area is 77.7 Å². The van der Waals surface area contributed by atoms with Gasteiger partial charge >= 0.3 is 0 Å². The van der Waals surface area contributed by atoms with Gasteiger partial charge in [0.05, 0.1) is 18.1 Å². The van der Waals surface area contributed by atoms with Crippen LogP contribution in [-0.2, 0) is 11.2 Å². The summed E-state index contributed by atoms with van der Waals surface area (Å²) in [6.45, 7) is 0. The molecule has 3 N–H and O–H groups in total. The molecule has 0 saturated heterocycles. The first-order chi connectivity index (χ1) is 5.20. The largest absolute Gasteiger partial charge is 0.351 e. The lowest BCUT2D eigenvalue weighted by Gasteiger charge is -2.01. The third-order valence-corrected chi connectivity index (χ3v) is 2.08. The molecule has 0 bridgehead atoms. The molecule has 1 aromatic rings. The SMILES string of the molecule is N[C@@H](Cc1c[nH]cn1)C(=O)I. The second-order valence-corrected chi connectivity index (χ2v) is 3.24. The van der Waals surface area contributed by atoms with Gasteiger partial charge < -0.3 is 10.7 Å². The minimum Gasteiger partial charge on any atom is -0.351 e. The molecular weight excluding hydrogens is 257 g/mol. The standard InChI is InChI=1S/C6H8IN3O/c7-6(11)5(8)1-4-2-9-3-10-4/h2-3,5H,1,8H2,(H,9,10)/t5-/m0/s1. The number of aromatic nitrogens is 2. The third-order valence-electron chi connectivity index (χ3n) is 1.28. The van der Waals surface area contributed by atoms with Crippen LogP contribution in [0.3, 0.4) is 0 Å². The molecule has 1 rings (SSSR count). The average Bonchev–Trinajstić information content (AvgIpc) is 2.39. The number of nitrogens with zero attached hydrogens (tertiary/aromatic N) is 1. The Morgan fingerprint density at radius 2 is 2.64 bits per heavy atom. The number of aromatic amines is 1. The van der Waals surface area contributed by atoms with Gasteiger partial charge in [-0.3, -0.25) is 4.79 Å². The molecular formula is C6H8IN3O. The van der Waals surface area contributed by atoms with Crippen molar-refractivity contribution < 1.29 is 4.79 Å². The fourth-order valence-corrected chi connectivity index (χ4v) is 0.928. The van der Waals surface area contributed by atoms with E-state index in [-0.39, 0.29) is 3.79 Å². The van der Waals surface area contributed by atoms with Gasteiger partial charge in [0.25, 0.3) is 0 Å². The van der Waals surface area contributed by atoms with Gasteiger partial charge in [-0.1, -0.05) is 0 Å². The molecule has 0 spiro atoms. The number of rotatable bonds is 3. The lowest BCUT2D eigenvalue weighted by Crippen LogP contribution is -2.28. The summed E-state index contributed by atoms with van der Waals surface area (Å²) in [6, 6.07) is -0.432. The second-order valence-electron chi connectivity index (χ2n) is 2.18. The number of imidazole rings is 1. The molecule has 0 aliphatic heterocycles. The molecule has 0 saturated carbocycles. The van der Waals surface area contributed by atoms with Crippen molar-refractivity contribution in [2.45, 2.75) is 12.5 Å². The summed E-state index contributed by atoms with van der Waals surface area (Å²) in [4.78, 5) is 17.4. The first-order valence-corrected chi connectivity index (χ1v) is 4.20. The molecule has 4 nitrogen and oxygen atoms in total. The van der Waals surface area contributed by atoms with Crippen LogP contribution in [0.15, 0.2) is 12.5 Å². The van der Waals surface area contributed by atoms with Crippen molar-refractivity contribution in [1.29, 1.82) is 0 Å². The van der Waals surface area contributed by atoms with Gasteiger partial charge in [-0.2, -0.15) is 0 Å². The summed E-state index contributed by atoms with van der Waals surface area (Å²) in [5.74, 6) is 0. The van der Waals surface area contributed by atoms with Gasteiger partial charge in [0.15, 0.2) is 0 Å². The number of H-pyrrole nitrogens is 1. The quantitative estimate of drug-likeness (QED) is 0.607. The van der Waals surface area contributed by atoms with E-state index in [0.717, 1.165) is 5.69 Å². The molecule has 0 aromatic carbocycles. The predicted molar refractivity (Wildman–Crippen MR) is 49.3 cm³/mol. The van der Waals surface area contributed by atoms with E-state index in [1.54, 1.807) is 35.1 Å². The zero-order valence-electron chi connectivity index (χ0n) is 5.75. The Hall–Kier alpha value is -0.430. The fourth-order valence-electron chi connectivity index (χ4n) is 0.708. The fraction of sp³-hybridized carbons (Fsp3) is 0.333. The van der Waals surface area contributed by atoms with Gasteiger partial charge in [0, 0.05) is 35.2 Å². The van der Waals surface area contributed by atoms with E-state index in [2.05, 4.69) is 9.97 Å². The van der Waals surface area contributed by atoms with E-state index < -0.39 is 6.04 Å². The summed E-state index contributed by atoms with van der Waals surface area (Å²) in [6.07, 6.45) is 3.81. The molecule has 0 unspecified atom stereocenters. The Balaban J connectivity index is 2.50. The van der Waals surface area contributed by atoms with Crippen LogP contribution in [-0.4, -0.2) is 19.8 Å². The topological polar surface area (TPSA) is 71.8 Å². The minimum atomic E-state index is -0.432. The summed E-state index contributed by atoms with van der Waals surface area (Å²) < 4.78 is -0.0365. The van der Waals surface area contributed by atoms with Crippen LogP contribution in [0.4, 0.5) is 0 Å². The summed E-state index contributed by atoms with van der Waals surface area (Å²) in [5, 5.41) is 0. The minimum absolute atomic E-state index is 0.0365. The maximum Gasteiger partial charge on any atom is 0.209 e. The Morgan fingerprint density at radius 3 is 3.09 bits per heavy atom. The van der Waals surface area contributed by atoms with Crippen LogP contribution in [0.25, 0.3) is 0 Å². The van der Waals surface area contributed by atoms with E-state index >= 15 is 0 Å². The van der Waals surface area contributed by atoms with E-state index in [1.807, 2.05) is 0 Å². The smallest absolute Gasteiger partial charge is 0.209 e. The van der Waals surface area contributed by atoms with Crippen molar-refractivity contribution in [3.8, 4) is 0 Å². The van der Waals surface area contributed by atoms with Crippen LogP contribution >= 0.6 is 22.6 Å². The maximum absolute atomic E-state index is 10.7. The maximum atomic E-state index is 10.7. The molecule has 1 aromatic heterocycles. The highest BCUT2D eigenvalue weighted by Gasteiger charge is 2.10. The lowest BCUT2D eigenvalue weighted by molar-refractivity contribution is -0.110. The molecule has 1 heterocycles. The molecule has 11 heavy (non-hydrogen) atoms. The van der Waals surface area contributed by atoms with Gasteiger partial charge in [-0.25, -0.2) is 4.98 Å². The van der Waals surface area contributed by atoms with Gasteiger partial charge in [-0.15, -0.1) is 0 Å². The van der Waals surface area contributed by atoms with Crippen LogP contribution in [0.5, 0.6) is 0 Å². The molecule has 0 aliphatic carbocycles. The van der Waals surface area contributed by atoms with Crippen molar-refractivity contribution >= 4 is 26.4 Å². The molecule has 0 aliphatic rings. The third kappa shape index (κ3) is 2.58. The number of hydrogen-bond donors (Lipinski definition) is 2. The second kappa shape index (κ2) is 3.82. The molecule has 0 fully saturated rings. The molecule has 60 valence electrons. The molecule has 0 amide bonds. The highest BCUT2D eigenvalue weighted by Crippen LogP contribution is 2.00. The predicted octanol–water partition coefficient (Wildman–Crippen LogP) is 0.241. The lowest BCUT2D eigenvalue weighted by atomic mass is 10.2. The van der Waals surface area contributed by atoms with E-state index in [9.17, 15) is 4.79 Å². The van der Waals surface area contributed by atoms with E-state index in [1.165, 1.54) is 0 Å². The first kappa shape index (κ1) is 8.66. The molecule has 1 atom stereocenters. The summed E-state index contributed by atoms with van der Waals surface area (Å²) in [5.41, 5.74) is 6.32. The van der Waals surface area contributed by atoms with Crippen LogP contribution in [0.1, 0.15) is 5.69 Å². The number of carbonyl (C=O) groups excluding carboxylic acids is 1. The van der Waals surface area contributed by atoms with E-state index in [0.29, 0.717) is 6.42 Å². The van der Waals surface area contributed by atoms with Crippen molar-refractivity contribution in [2.24, 2.45) is 5.73 Å². The zero-order chi connectivity index (χ0) is 8.27. The van der Waals surface area contributed by atoms with Crippen LogP contribution in [0, 0.1) is 0 Å². The summed E-state index contributed by atoms with van der Waals surface area (Å²) >= 11 is 1.69. The van der Waals surface area contributed by atoms with Crippen molar-refractivity contribution in [2.75, 3.05) is 0 Å². The zero-order valence-corrected chi connectivity index (χ0v) is 7.91. The van der Waals surface area contributed by atoms with Crippen LogP contribution in [0.2, 0.25) is 0 Å². The van der Waals surface area contributed by atoms with Gasteiger partial charge in [0.1, 0.15) is 0 Å². The Bertz CT molecular complexity index is 234. The normalized spacial score (nSPS) is 12.9. The Morgan fingerprint density at radius 1 is 1.91 bits per heavy atom. The number of halogens is 1. The number of carbonyl (C=O) groups is 1. The van der Waals surface area contributed by atoms with Gasteiger partial charge in [0.2, 0.25) is 3.79 Å². The summed E-state index contributed by atoms with van der Waals surface area (Å²) in [7, 11) is 0. The number of hydrogen-bond acceptors (Lipinski definition) is 3. The van der Waals surface area contributed by atoms with Crippen molar-refractivity contribution in [1.82, 2.24) is 9.97 Å². The Kier molecular flexibility index (Phi) is 3.01. The van der Waals surface area contributed by atoms with E-state index in [4.69, 9.17) is 5.73 Å². The van der Waals surface area contributed by atoms with Gasteiger partial charge in [-0.05, 0) is 0 Å². The molecule has 0 radical (unpaired) electrons. The monoisotopic (exact) mass is 265 g/mol.